The van der Waals surface area contributed by atoms with E-state index in [2.05, 4.69) is 22.3 Å². The highest BCUT2D eigenvalue weighted by molar-refractivity contribution is 7.71. The van der Waals surface area contributed by atoms with Crippen LogP contribution in [0.1, 0.15) is 30.7 Å². The van der Waals surface area contributed by atoms with E-state index in [9.17, 15) is 0 Å². The molecule has 1 aromatic carbocycles. The SMILES string of the molecule is Cn1c(C2(c3ccc(Cl)cc3)CCC2)n[nH]c1=S. The van der Waals surface area contributed by atoms with E-state index in [0.29, 0.717) is 4.77 Å². The van der Waals surface area contributed by atoms with Crippen molar-refractivity contribution in [2.24, 2.45) is 7.05 Å². The third-order valence-electron chi connectivity index (χ3n) is 3.91. The fourth-order valence-corrected chi connectivity index (χ4v) is 2.97. The van der Waals surface area contributed by atoms with E-state index in [-0.39, 0.29) is 5.41 Å². The molecule has 3 rings (SSSR count). The Labute approximate surface area is 116 Å². The van der Waals surface area contributed by atoms with Crippen LogP contribution in [0.2, 0.25) is 5.02 Å². The molecule has 0 unspecified atom stereocenters. The van der Waals surface area contributed by atoms with Gasteiger partial charge in [-0.1, -0.05) is 30.2 Å². The number of rotatable bonds is 2. The molecule has 1 heterocycles. The molecule has 0 atom stereocenters. The van der Waals surface area contributed by atoms with Crippen LogP contribution in [0, 0.1) is 4.77 Å². The quantitative estimate of drug-likeness (QED) is 0.852. The first-order chi connectivity index (χ1) is 8.63. The number of hydrogen-bond donors (Lipinski definition) is 1. The lowest BCUT2D eigenvalue weighted by atomic mass is 9.64. The molecular weight excluding hydrogens is 266 g/mol. The van der Waals surface area contributed by atoms with E-state index in [0.717, 1.165) is 23.7 Å². The van der Waals surface area contributed by atoms with Crippen LogP contribution in [-0.4, -0.2) is 14.8 Å². The van der Waals surface area contributed by atoms with Crippen molar-refractivity contribution < 1.29 is 0 Å². The Morgan fingerprint density at radius 3 is 2.44 bits per heavy atom. The van der Waals surface area contributed by atoms with Gasteiger partial charge in [0.2, 0.25) is 0 Å². The van der Waals surface area contributed by atoms with Crippen molar-refractivity contribution >= 4 is 23.8 Å². The first-order valence-corrected chi connectivity index (χ1v) is 6.80. The molecule has 0 amide bonds. The molecule has 0 bridgehead atoms. The number of hydrogen-bond acceptors (Lipinski definition) is 2. The molecule has 0 saturated heterocycles. The van der Waals surface area contributed by atoms with Crippen LogP contribution in [0.25, 0.3) is 0 Å². The molecule has 2 aromatic rings. The minimum absolute atomic E-state index is 0.00684. The average molecular weight is 280 g/mol. The molecule has 5 heteroatoms. The molecule has 1 aliphatic carbocycles. The number of nitrogens with one attached hydrogen (secondary N) is 1. The summed E-state index contributed by atoms with van der Waals surface area (Å²) in [5.74, 6) is 1.03. The van der Waals surface area contributed by atoms with Crippen LogP contribution in [0.3, 0.4) is 0 Å². The molecule has 0 aliphatic heterocycles. The van der Waals surface area contributed by atoms with E-state index in [1.165, 1.54) is 12.0 Å². The van der Waals surface area contributed by atoms with Gasteiger partial charge in [0.15, 0.2) is 4.77 Å². The zero-order valence-corrected chi connectivity index (χ0v) is 11.7. The summed E-state index contributed by atoms with van der Waals surface area (Å²) in [5.41, 5.74) is 1.28. The fourth-order valence-electron chi connectivity index (χ4n) is 2.72. The predicted molar refractivity (Wildman–Crippen MR) is 74.5 cm³/mol. The molecular formula is C13H14ClN3S. The van der Waals surface area contributed by atoms with Crippen molar-refractivity contribution in [3.8, 4) is 0 Å². The van der Waals surface area contributed by atoms with Crippen LogP contribution in [0.15, 0.2) is 24.3 Å². The highest BCUT2D eigenvalue weighted by Crippen LogP contribution is 2.48. The summed E-state index contributed by atoms with van der Waals surface area (Å²) in [4.78, 5) is 0. The van der Waals surface area contributed by atoms with Gasteiger partial charge in [0.05, 0.1) is 5.41 Å². The smallest absolute Gasteiger partial charge is 0.194 e. The molecule has 1 aliphatic rings. The second-order valence-electron chi connectivity index (χ2n) is 4.85. The third-order valence-corrected chi connectivity index (χ3v) is 4.53. The normalized spacial score (nSPS) is 17.4. The lowest BCUT2D eigenvalue weighted by Gasteiger charge is -2.41. The summed E-state index contributed by atoms with van der Waals surface area (Å²) in [6, 6.07) is 8.08. The topological polar surface area (TPSA) is 33.6 Å². The second kappa shape index (κ2) is 4.21. The molecule has 1 aromatic heterocycles. The highest BCUT2D eigenvalue weighted by Gasteiger charge is 2.43. The molecule has 1 fully saturated rings. The van der Waals surface area contributed by atoms with Gasteiger partial charge in [0, 0.05) is 12.1 Å². The Morgan fingerprint density at radius 1 is 1.33 bits per heavy atom. The third kappa shape index (κ3) is 1.63. The summed E-state index contributed by atoms with van der Waals surface area (Å²) >= 11 is 11.2. The van der Waals surface area contributed by atoms with Gasteiger partial charge in [-0.05, 0) is 42.8 Å². The maximum atomic E-state index is 5.96. The molecule has 0 spiro atoms. The first kappa shape index (κ1) is 11.9. The van der Waals surface area contributed by atoms with Crippen molar-refractivity contribution in [3.63, 3.8) is 0 Å². The summed E-state index contributed by atoms with van der Waals surface area (Å²) in [5, 5.41) is 8.07. The molecule has 1 saturated carbocycles. The molecule has 94 valence electrons. The Kier molecular flexibility index (Phi) is 2.79. The Bertz CT molecular complexity index is 622. The zero-order valence-electron chi connectivity index (χ0n) is 10.1. The van der Waals surface area contributed by atoms with Crippen LogP contribution in [-0.2, 0) is 12.5 Å². The molecule has 18 heavy (non-hydrogen) atoms. The van der Waals surface area contributed by atoms with E-state index in [4.69, 9.17) is 23.8 Å². The Hall–Kier alpha value is -1.13. The highest BCUT2D eigenvalue weighted by atomic mass is 35.5. The van der Waals surface area contributed by atoms with Gasteiger partial charge < -0.3 is 4.57 Å². The van der Waals surface area contributed by atoms with Crippen molar-refractivity contribution in [2.45, 2.75) is 24.7 Å². The molecule has 0 radical (unpaired) electrons. The van der Waals surface area contributed by atoms with E-state index >= 15 is 0 Å². The van der Waals surface area contributed by atoms with Crippen LogP contribution < -0.4 is 0 Å². The Morgan fingerprint density at radius 2 is 2.00 bits per heavy atom. The average Bonchev–Trinajstić information content (AvgIpc) is 2.63. The summed E-state index contributed by atoms with van der Waals surface area (Å²) < 4.78 is 2.65. The van der Waals surface area contributed by atoms with Crippen molar-refractivity contribution in [1.29, 1.82) is 0 Å². The van der Waals surface area contributed by atoms with Gasteiger partial charge in [-0.15, -0.1) is 0 Å². The van der Waals surface area contributed by atoms with Crippen molar-refractivity contribution in [2.75, 3.05) is 0 Å². The van der Waals surface area contributed by atoms with Gasteiger partial charge in [-0.2, -0.15) is 5.10 Å². The van der Waals surface area contributed by atoms with Gasteiger partial charge in [-0.3, -0.25) is 5.10 Å². The molecule has 3 nitrogen and oxygen atoms in total. The number of aromatic nitrogens is 3. The van der Waals surface area contributed by atoms with Crippen molar-refractivity contribution in [3.05, 3.63) is 45.4 Å². The monoisotopic (exact) mass is 279 g/mol. The maximum absolute atomic E-state index is 5.96. The maximum Gasteiger partial charge on any atom is 0.194 e. The number of aromatic amines is 1. The van der Waals surface area contributed by atoms with Crippen LogP contribution in [0.4, 0.5) is 0 Å². The van der Waals surface area contributed by atoms with Crippen LogP contribution in [0.5, 0.6) is 0 Å². The van der Waals surface area contributed by atoms with Gasteiger partial charge >= 0.3 is 0 Å². The van der Waals surface area contributed by atoms with Crippen LogP contribution >= 0.6 is 23.8 Å². The van der Waals surface area contributed by atoms with Crippen molar-refractivity contribution in [1.82, 2.24) is 14.8 Å². The predicted octanol–water partition coefficient (Wildman–Crippen LogP) is 3.60. The first-order valence-electron chi connectivity index (χ1n) is 6.01. The largest absolute Gasteiger partial charge is 0.307 e. The zero-order chi connectivity index (χ0) is 12.8. The van der Waals surface area contributed by atoms with Gasteiger partial charge in [0.1, 0.15) is 5.82 Å². The minimum Gasteiger partial charge on any atom is -0.307 e. The minimum atomic E-state index is 0.00684. The van der Waals surface area contributed by atoms with E-state index < -0.39 is 0 Å². The standard InChI is InChI=1S/C13H14ClN3S/c1-17-11(15-16-12(17)18)13(7-2-8-13)9-3-5-10(14)6-4-9/h3-6H,2,7-8H2,1H3,(H,16,18). The Balaban J connectivity index is 2.13. The fraction of sp³-hybridized carbons (Fsp3) is 0.385. The number of H-pyrrole nitrogens is 1. The number of benzene rings is 1. The number of nitrogens with zero attached hydrogens (tertiary/aromatic N) is 2. The lowest BCUT2D eigenvalue weighted by molar-refractivity contribution is 0.278. The lowest BCUT2D eigenvalue weighted by Crippen LogP contribution is -2.38. The van der Waals surface area contributed by atoms with Gasteiger partial charge in [0.25, 0.3) is 0 Å². The second-order valence-corrected chi connectivity index (χ2v) is 5.68. The van der Waals surface area contributed by atoms with Gasteiger partial charge in [-0.25, -0.2) is 0 Å². The van der Waals surface area contributed by atoms with E-state index in [1.54, 1.807) is 0 Å². The number of halogens is 1. The molecule has 1 N–H and O–H groups in total. The summed E-state index contributed by atoms with van der Waals surface area (Å²) in [7, 11) is 1.97. The summed E-state index contributed by atoms with van der Waals surface area (Å²) in [6.07, 6.45) is 3.45. The summed E-state index contributed by atoms with van der Waals surface area (Å²) in [6.45, 7) is 0. The van der Waals surface area contributed by atoms with E-state index in [1.807, 2.05) is 23.7 Å².